The summed E-state index contributed by atoms with van der Waals surface area (Å²) in [5, 5.41) is 9.09. The molecule has 18 heavy (non-hydrogen) atoms. The van der Waals surface area contributed by atoms with E-state index in [4.69, 9.17) is 5.11 Å². The molecule has 0 aliphatic heterocycles. The molecule has 0 radical (unpaired) electrons. The summed E-state index contributed by atoms with van der Waals surface area (Å²) >= 11 is 0. The Balaban J connectivity index is 2.26. The van der Waals surface area contributed by atoms with Gasteiger partial charge in [-0.2, -0.15) is 0 Å². The zero-order chi connectivity index (χ0) is 13.3. The van der Waals surface area contributed by atoms with Crippen LogP contribution in [0.15, 0.2) is 24.3 Å². The van der Waals surface area contributed by atoms with Crippen molar-refractivity contribution in [3.8, 4) is 0 Å². The van der Waals surface area contributed by atoms with Gasteiger partial charge in [-0.15, -0.1) is 0 Å². The number of rotatable bonds is 4. The van der Waals surface area contributed by atoms with E-state index in [2.05, 4.69) is 0 Å². The molecule has 1 saturated carbocycles. The molecule has 1 aromatic rings. The fourth-order valence-electron chi connectivity index (χ4n) is 2.06. The van der Waals surface area contributed by atoms with Gasteiger partial charge in [-0.1, -0.05) is 17.7 Å². The highest BCUT2D eigenvalue weighted by atomic mass is 16.4. The summed E-state index contributed by atoms with van der Waals surface area (Å²) < 4.78 is 0. The molecule has 1 aliphatic rings. The number of carboxylic acid groups (broad SMARTS) is 1. The van der Waals surface area contributed by atoms with Gasteiger partial charge in [-0.3, -0.25) is 4.79 Å². The maximum Gasteiger partial charge on any atom is 0.326 e. The van der Waals surface area contributed by atoms with E-state index >= 15 is 0 Å². The summed E-state index contributed by atoms with van der Waals surface area (Å²) in [6.07, 6.45) is 1.80. The highest BCUT2D eigenvalue weighted by molar-refractivity contribution is 5.97. The van der Waals surface area contributed by atoms with Gasteiger partial charge in [0.05, 0.1) is 0 Å². The highest BCUT2D eigenvalue weighted by Crippen LogP contribution is 2.30. The van der Waals surface area contributed by atoms with Gasteiger partial charge >= 0.3 is 5.97 Å². The van der Waals surface area contributed by atoms with Crippen molar-refractivity contribution in [2.45, 2.75) is 38.8 Å². The third-order valence-corrected chi connectivity index (χ3v) is 3.21. The fourth-order valence-corrected chi connectivity index (χ4v) is 2.06. The third kappa shape index (κ3) is 2.53. The van der Waals surface area contributed by atoms with Crippen molar-refractivity contribution in [3.63, 3.8) is 0 Å². The Morgan fingerprint density at radius 2 is 2.06 bits per heavy atom. The van der Waals surface area contributed by atoms with Gasteiger partial charge in [0.15, 0.2) is 0 Å². The molecule has 0 spiro atoms. The first kappa shape index (κ1) is 12.6. The van der Waals surface area contributed by atoms with Crippen molar-refractivity contribution in [2.75, 3.05) is 0 Å². The first-order valence-corrected chi connectivity index (χ1v) is 6.13. The lowest BCUT2D eigenvalue weighted by molar-refractivity contribution is -0.141. The molecule has 0 bridgehead atoms. The number of carbonyl (C=O) groups is 2. The highest BCUT2D eigenvalue weighted by Gasteiger charge is 2.38. The summed E-state index contributed by atoms with van der Waals surface area (Å²) in [6.45, 7) is 3.48. The SMILES string of the molecule is Cc1cccc(C(=O)N(C2CC2)C(C)C(=O)O)c1. The number of aliphatic carboxylic acids is 1. The van der Waals surface area contributed by atoms with E-state index < -0.39 is 12.0 Å². The second-order valence-corrected chi connectivity index (χ2v) is 4.83. The number of nitrogens with zero attached hydrogens (tertiary/aromatic N) is 1. The van der Waals surface area contributed by atoms with E-state index in [9.17, 15) is 9.59 Å². The Morgan fingerprint density at radius 3 is 2.56 bits per heavy atom. The van der Waals surface area contributed by atoms with Crippen LogP contribution in [0.2, 0.25) is 0 Å². The van der Waals surface area contributed by atoms with E-state index in [-0.39, 0.29) is 11.9 Å². The van der Waals surface area contributed by atoms with Crippen molar-refractivity contribution in [1.82, 2.24) is 4.90 Å². The molecule has 0 aromatic heterocycles. The van der Waals surface area contributed by atoms with Gasteiger partial charge in [-0.05, 0) is 38.8 Å². The molecule has 2 rings (SSSR count). The topological polar surface area (TPSA) is 57.6 Å². The van der Waals surface area contributed by atoms with Crippen molar-refractivity contribution in [2.24, 2.45) is 0 Å². The molecule has 96 valence electrons. The average molecular weight is 247 g/mol. The number of aryl methyl sites for hydroxylation is 1. The van der Waals surface area contributed by atoms with Crippen LogP contribution >= 0.6 is 0 Å². The van der Waals surface area contributed by atoms with Crippen LogP contribution in [0.1, 0.15) is 35.7 Å². The predicted octanol–water partition coefficient (Wildman–Crippen LogP) is 2.07. The molecule has 0 heterocycles. The molecule has 0 saturated heterocycles. The normalized spacial score (nSPS) is 16.1. The van der Waals surface area contributed by atoms with Crippen LogP contribution in [0, 0.1) is 6.92 Å². The Bertz CT molecular complexity index is 480. The summed E-state index contributed by atoms with van der Waals surface area (Å²) in [4.78, 5) is 25.0. The summed E-state index contributed by atoms with van der Waals surface area (Å²) in [5.41, 5.74) is 1.56. The van der Waals surface area contributed by atoms with E-state index in [1.165, 1.54) is 4.90 Å². The molecular weight excluding hydrogens is 230 g/mol. The first-order chi connectivity index (χ1) is 8.50. The first-order valence-electron chi connectivity index (χ1n) is 6.13. The quantitative estimate of drug-likeness (QED) is 0.886. The Labute approximate surface area is 106 Å². The number of amides is 1. The molecule has 1 aromatic carbocycles. The van der Waals surface area contributed by atoms with E-state index in [1.54, 1.807) is 19.1 Å². The molecule has 4 nitrogen and oxygen atoms in total. The Morgan fingerprint density at radius 1 is 1.39 bits per heavy atom. The minimum atomic E-state index is -0.956. The maximum absolute atomic E-state index is 12.4. The summed E-state index contributed by atoms with van der Waals surface area (Å²) in [7, 11) is 0. The van der Waals surface area contributed by atoms with E-state index in [0.29, 0.717) is 5.56 Å². The number of carboxylic acids is 1. The maximum atomic E-state index is 12.4. The fraction of sp³-hybridized carbons (Fsp3) is 0.429. The molecule has 1 unspecified atom stereocenters. The largest absolute Gasteiger partial charge is 0.480 e. The van der Waals surface area contributed by atoms with Crippen LogP contribution in [0.3, 0.4) is 0 Å². The molecular formula is C14H17NO3. The number of carbonyl (C=O) groups excluding carboxylic acids is 1. The monoisotopic (exact) mass is 247 g/mol. The summed E-state index contributed by atoms with van der Waals surface area (Å²) in [6, 6.07) is 6.58. The summed E-state index contributed by atoms with van der Waals surface area (Å²) in [5.74, 6) is -1.14. The van der Waals surface area contributed by atoms with Gasteiger partial charge < -0.3 is 10.0 Å². The van der Waals surface area contributed by atoms with Gasteiger partial charge in [-0.25, -0.2) is 4.79 Å². The Hall–Kier alpha value is -1.84. The molecule has 1 amide bonds. The van der Waals surface area contributed by atoms with Crippen molar-refractivity contribution >= 4 is 11.9 Å². The van der Waals surface area contributed by atoms with Crippen LogP contribution in [0.5, 0.6) is 0 Å². The molecule has 1 fully saturated rings. The van der Waals surface area contributed by atoms with Crippen LogP contribution in [0.25, 0.3) is 0 Å². The van der Waals surface area contributed by atoms with Crippen molar-refractivity contribution < 1.29 is 14.7 Å². The Kier molecular flexibility index (Phi) is 3.36. The zero-order valence-corrected chi connectivity index (χ0v) is 10.6. The number of benzene rings is 1. The average Bonchev–Trinajstić information content (AvgIpc) is 3.13. The van der Waals surface area contributed by atoms with Gasteiger partial charge in [0.1, 0.15) is 6.04 Å². The predicted molar refractivity (Wildman–Crippen MR) is 67.5 cm³/mol. The lowest BCUT2D eigenvalue weighted by Crippen LogP contribution is -2.44. The molecule has 1 aliphatic carbocycles. The lowest BCUT2D eigenvalue weighted by atomic mass is 10.1. The number of hydrogen-bond acceptors (Lipinski definition) is 2. The molecule has 1 N–H and O–H groups in total. The van der Waals surface area contributed by atoms with Gasteiger partial charge in [0.25, 0.3) is 5.91 Å². The number of hydrogen-bond donors (Lipinski definition) is 1. The van der Waals surface area contributed by atoms with Crippen molar-refractivity contribution in [1.29, 1.82) is 0 Å². The smallest absolute Gasteiger partial charge is 0.326 e. The van der Waals surface area contributed by atoms with Gasteiger partial charge in [0, 0.05) is 11.6 Å². The van der Waals surface area contributed by atoms with Gasteiger partial charge in [0.2, 0.25) is 0 Å². The van der Waals surface area contributed by atoms with Crippen LogP contribution < -0.4 is 0 Å². The van der Waals surface area contributed by atoms with Crippen LogP contribution in [0.4, 0.5) is 0 Å². The van der Waals surface area contributed by atoms with E-state index in [0.717, 1.165) is 18.4 Å². The molecule has 4 heteroatoms. The third-order valence-electron chi connectivity index (χ3n) is 3.21. The van der Waals surface area contributed by atoms with Crippen LogP contribution in [-0.2, 0) is 4.79 Å². The second kappa shape index (κ2) is 4.80. The van der Waals surface area contributed by atoms with Crippen molar-refractivity contribution in [3.05, 3.63) is 35.4 Å². The zero-order valence-electron chi connectivity index (χ0n) is 10.6. The molecule has 1 atom stereocenters. The van der Waals surface area contributed by atoms with Crippen LogP contribution in [-0.4, -0.2) is 34.0 Å². The second-order valence-electron chi connectivity index (χ2n) is 4.83. The lowest BCUT2D eigenvalue weighted by Gasteiger charge is -2.26. The minimum Gasteiger partial charge on any atom is -0.480 e. The van der Waals surface area contributed by atoms with E-state index in [1.807, 2.05) is 19.1 Å². The standard InChI is InChI=1S/C14H17NO3/c1-9-4-3-5-11(8-9)13(16)15(12-6-7-12)10(2)14(17)18/h3-5,8,10,12H,6-7H2,1-2H3,(H,17,18). The minimum absolute atomic E-state index is 0.0871.